The third kappa shape index (κ3) is 5.17. The van der Waals surface area contributed by atoms with E-state index in [9.17, 15) is 0 Å². The maximum atomic E-state index is 6.16. The topological polar surface area (TPSA) is 75.2 Å². The average Bonchev–Trinajstić information content (AvgIpc) is 3.03. The molecule has 0 aliphatic heterocycles. The van der Waals surface area contributed by atoms with Crippen molar-refractivity contribution >= 4 is 11.8 Å². The summed E-state index contributed by atoms with van der Waals surface area (Å²) in [6.07, 6.45) is 0.893. The first kappa shape index (κ1) is 19.1. The van der Waals surface area contributed by atoms with Crippen LogP contribution in [0.2, 0.25) is 0 Å². The highest BCUT2D eigenvalue weighted by Gasteiger charge is 2.12. The van der Waals surface area contributed by atoms with E-state index in [1.807, 2.05) is 49.4 Å². The summed E-state index contributed by atoms with van der Waals surface area (Å²) in [6.45, 7) is 5.31. The molecule has 6 nitrogen and oxygen atoms in total. The van der Waals surface area contributed by atoms with Crippen molar-refractivity contribution in [1.82, 2.24) is 14.9 Å². The first-order chi connectivity index (χ1) is 13.2. The largest absolute Gasteiger partial charge is 0.494 e. The molecular formula is C20H24N4O2S. The van der Waals surface area contributed by atoms with Crippen LogP contribution < -0.4 is 15.3 Å². The Morgan fingerprint density at radius 1 is 1.04 bits per heavy atom. The zero-order valence-electron chi connectivity index (χ0n) is 15.6. The minimum Gasteiger partial charge on any atom is -0.494 e. The fraction of sp³-hybridized carbons (Fsp3) is 0.300. The summed E-state index contributed by atoms with van der Waals surface area (Å²) in [6, 6.07) is 15.7. The minimum absolute atomic E-state index is 0.636. The van der Waals surface area contributed by atoms with Crippen LogP contribution in [0.5, 0.6) is 11.5 Å². The molecule has 7 heteroatoms. The summed E-state index contributed by atoms with van der Waals surface area (Å²) in [5.74, 6) is 9.38. The van der Waals surface area contributed by atoms with Crippen LogP contribution >= 0.6 is 11.8 Å². The van der Waals surface area contributed by atoms with Crippen LogP contribution in [0, 0.1) is 6.92 Å². The zero-order chi connectivity index (χ0) is 19.1. The summed E-state index contributed by atoms with van der Waals surface area (Å²) < 4.78 is 12.7. The Kier molecular flexibility index (Phi) is 6.59. The van der Waals surface area contributed by atoms with Crippen LogP contribution in [0.3, 0.4) is 0 Å². The smallest absolute Gasteiger partial charge is 0.210 e. The van der Waals surface area contributed by atoms with Gasteiger partial charge < -0.3 is 15.3 Å². The number of aryl methyl sites for hydroxylation is 1. The van der Waals surface area contributed by atoms with Gasteiger partial charge in [0.25, 0.3) is 0 Å². The van der Waals surface area contributed by atoms with E-state index >= 15 is 0 Å². The van der Waals surface area contributed by atoms with Gasteiger partial charge in [0, 0.05) is 11.3 Å². The van der Waals surface area contributed by atoms with E-state index in [0.717, 1.165) is 29.2 Å². The lowest BCUT2D eigenvalue weighted by Gasteiger charge is -2.07. The van der Waals surface area contributed by atoms with Crippen LogP contribution in [0.15, 0.2) is 53.7 Å². The molecule has 3 aromatic rings. The van der Waals surface area contributed by atoms with Crippen LogP contribution in [-0.2, 0) is 0 Å². The molecule has 0 unspecified atom stereocenters. The maximum absolute atomic E-state index is 6.16. The minimum atomic E-state index is 0.636. The van der Waals surface area contributed by atoms with Gasteiger partial charge in [0.2, 0.25) is 5.16 Å². The van der Waals surface area contributed by atoms with Crippen molar-refractivity contribution in [3.05, 3.63) is 54.1 Å². The predicted molar refractivity (Wildman–Crippen MR) is 109 cm³/mol. The standard InChI is InChI=1S/C20H24N4O2S/c1-3-25-17-10-8-16(9-11-17)19-22-23-20(24(19)21)27-13-5-12-26-18-7-4-6-15(2)14-18/h4,6-11,14H,3,5,12-13,21H2,1-2H3. The fourth-order valence-corrected chi connectivity index (χ4v) is 3.33. The van der Waals surface area contributed by atoms with Crippen molar-refractivity contribution in [2.45, 2.75) is 25.4 Å². The molecule has 0 saturated carbocycles. The normalized spacial score (nSPS) is 10.7. The second-order valence-electron chi connectivity index (χ2n) is 6.00. The Balaban J connectivity index is 1.50. The molecular weight excluding hydrogens is 360 g/mol. The van der Waals surface area contributed by atoms with Gasteiger partial charge in [-0.3, -0.25) is 0 Å². The Labute approximate surface area is 163 Å². The van der Waals surface area contributed by atoms with Crippen molar-refractivity contribution in [3.63, 3.8) is 0 Å². The molecule has 2 aromatic carbocycles. The van der Waals surface area contributed by atoms with Gasteiger partial charge in [0.1, 0.15) is 11.5 Å². The molecule has 1 aromatic heterocycles. The van der Waals surface area contributed by atoms with E-state index in [0.29, 0.717) is 24.2 Å². The molecule has 3 rings (SSSR count). The highest BCUT2D eigenvalue weighted by atomic mass is 32.2. The summed E-state index contributed by atoms with van der Waals surface area (Å²) in [5.41, 5.74) is 2.10. The molecule has 0 amide bonds. The SMILES string of the molecule is CCOc1ccc(-c2nnc(SCCCOc3cccc(C)c3)n2N)cc1. The first-order valence-electron chi connectivity index (χ1n) is 8.93. The van der Waals surface area contributed by atoms with Gasteiger partial charge in [0.05, 0.1) is 13.2 Å². The molecule has 142 valence electrons. The van der Waals surface area contributed by atoms with Gasteiger partial charge in [-0.1, -0.05) is 23.9 Å². The molecule has 0 saturated heterocycles. The van der Waals surface area contributed by atoms with Gasteiger partial charge in [-0.15, -0.1) is 10.2 Å². The number of hydrogen-bond acceptors (Lipinski definition) is 6. The van der Waals surface area contributed by atoms with E-state index in [-0.39, 0.29) is 0 Å². The molecule has 0 bridgehead atoms. The Bertz CT molecular complexity index is 865. The van der Waals surface area contributed by atoms with Crippen LogP contribution in [0.25, 0.3) is 11.4 Å². The summed E-state index contributed by atoms with van der Waals surface area (Å²) in [7, 11) is 0. The van der Waals surface area contributed by atoms with Gasteiger partial charge in [-0.25, -0.2) is 4.68 Å². The third-order valence-corrected chi connectivity index (χ3v) is 4.90. The Morgan fingerprint density at radius 3 is 2.59 bits per heavy atom. The summed E-state index contributed by atoms with van der Waals surface area (Å²) in [5, 5.41) is 9.10. The molecule has 0 spiro atoms. The average molecular weight is 385 g/mol. The molecule has 0 aliphatic rings. The molecule has 0 atom stereocenters. The molecule has 0 fully saturated rings. The van der Waals surface area contributed by atoms with Crippen molar-refractivity contribution in [2.24, 2.45) is 0 Å². The number of aromatic nitrogens is 3. The summed E-state index contributed by atoms with van der Waals surface area (Å²) in [4.78, 5) is 0. The van der Waals surface area contributed by atoms with Crippen LogP contribution in [0.4, 0.5) is 0 Å². The zero-order valence-corrected chi connectivity index (χ0v) is 16.4. The lowest BCUT2D eigenvalue weighted by atomic mass is 10.2. The Morgan fingerprint density at radius 2 is 1.85 bits per heavy atom. The molecule has 0 radical (unpaired) electrons. The number of nitrogen functional groups attached to an aromatic ring is 1. The van der Waals surface area contributed by atoms with Crippen molar-refractivity contribution in [1.29, 1.82) is 0 Å². The number of ether oxygens (including phenoxy) is 2. The lowest BCUT2D eigenvalue weighted by molar-refractivity contribution is 0.318. The second-order valence-corrected chi connectivity index (χ2v) is 7.06. The van der Waals surface area contributed by atoms with Gasteiger partial charge >= 0.3 is 0 Å². The quantitative estimate of drug-likeness (QED) is 0.342. The van der Waals surface area contributed by atoms with Crippen molar-refractivity contribution in [2.75, 3.05) is 24.8 Å². The molecule has 0 aliphatic carbocycles. The van der Waals surface area contributed by atoms with Crippen LogP contribution in [0.1, 0.15) is 18.9 Å². The van der Waals surface area contributed by atoms with E-state index in [1.54, 1.807) is 11.8 Å². The molecule has 1 heterocycles. The number of hydrogen-bond donors (Lipinski definition) is 1. The van der Waals surface area contributed by atoms with Gasteiger partial charge in [-0.2, -0.15) is 0 Å². The van der Waals surface area contributed by atoms with E-state index < -0.39 is 0 Å². The number of benzene rings is 2. The number of rotatable bonds is 9. The third-order valence-electron chi connectivity index (χ3n) is 3.87. The highest BCUT2D eigenvalue weighted by molar-refractivity contribution is 7.99. The van der Waals surface area contributed by atoms with E-state index in [2.05, 4.69) is 23.2 Å². The van der Waals surface area contributed by atoms with Crippen LogP contribution in [-0.4, -0.2) is 33.8 Å². The van der Waals surface area contributed by atoms with E-state index in [4.69, 9.17) is 15.3 Å². The number of thioether (sulfide) groups is 1. The van der Waals surface area contributed by atoms with Crippen molar-refractivity contribution in [3.8, 4) is 22.9 Å². The molecule has 27 heavy (non-hydrogen) atoms. The first-order valence-corrected chi connectivity index (χ1v) is 9.92. The van der Waals surface area contributed by atoms with Gasteiger partial charge in [-0.05, 0) is 62.2 Å². The fourth-order valence-electron chi connectivity index (χ4n) is 2.56. The molecule has 2 N–H and O–H groups in total. The number of nitrogens with zero attached hydrogens (tertiary/aromatic N) is 3. The monoisotopic (exact) mass is 384 g/mol. The maximum Gasteiger partial charge on any atom is 0.210 e. The summed E-state index contributed by atoms with van der Waals surface area (Å²) >= 11 is 1.57. The predicted octanol–water partition coefficient (Wildman–Crippen LogP) is 3.93. The van der Waals surface area contributed by atoms with Gasteiger partial charge in [0.15, 0.2) is 5.82 Å². The van der Waals surface area contributed by atoms with Crippen molar-refractivity contribution < 1.29 is 9.47 Å². The highest BCUT2D eigenvalue weighted by Crippen LogP contribution is 2.24. The van der Waals surface area contributed by atoms with E-state index in [1.165, 1.54) is 10.2 Å². The number of nitrogens with two attached hydrogens (primary N) is 1. The lowest BCUT2D eigenvalue weighted by Crippen LogP contribution is -2.12. The second kappa shape index (κ2) is 9.32. The Hall–Kier alpha value is -2.67.